The molecule has 2 amide bonds. The van der Waals surface area contributed by atoms with Crippen LogP contribution in [0.3, 0.4) is 0 Å². The maximum Gasteiger partial charge on any atom is 0.319 e. The zero-order valence-electron chi connectivity index (χ0n) is 7.96. The number of amides is 2. The summed E-state index contributed by atoms with van der Waals surface area (Å²) in [5, 5.41) is 5.39. The van der Waals surface area contributed by atoms with Crippen molar-refractivity contribution in [2.75, 3.05) is 11.2 Å². The van der Waals surface area contributed by atoms with Crippen LogP contribution in [0, 0.1) is 0 Å². The zero-order chi connectivity index (χ0) is 10.4. The molecule has 0 aliphatic rings. The number of halogens is 1. The molecule has 0 spiro atoms. The van der Waals surface area contributed by atoms with E-state index in [1.54, 1.807) is 0 Å². The van der Waals surface area contributed by atoms with Crippen LogP contribution in [-0.4, -0.2) is 18.0 Å². The Hall–Kier alpha value is -1.22. The Morgan fingerprint density at radius 1 is 1.43 bits per heavy atom. The van der Waals surface area contributed by atoms with Crippen LogP contribution in [0.15, 0.2) is 30.3 Å². The first kappa shape index (κ1) is 10.9. The largest absolute Gasteiger partial charge is 0.334 e. The number of urea groups is 1. The fraction of sp³-hybridized carbons (Fsp3) is 0.300. The summed E-state index contributed by atoms with van der Waals surface area (Å²) >= 11 is 5.56. The Bertz CT molecular complexity index is 289. The van der Waals surface area contributed by atoms with Gasteiger partial charge in [0.15, 0.2) is 0 Å². The minimum Gasteiger partial charge on any atom is -0.334 e. The van der Waals surface area contributed by atoms with Crippen LogP contribution in [0.25, 0.3) is 0 Å². The Kier molecular flexibility index (Phi) is 4.26. The van der Waals surface area contributed by atoms with Crippen LogP contribution in [-0.2, 0) is 0 Å². The van der Waals surface area contributed by atoms with Gasteiger partial charge >= 0.3 is 6.03 Å². The maximum atomic E-state index is 11.3. The second-order valence-corrected chi connectivity index (χ2v) is 3.33. The van der Waals surface area contributed by atoms with Crippen molar-refractivity contribution in [3.8, 4) is 0 Å². The normalized spacial score (nSPS) is 11.9. The summed E-state index contributed by atoms with van der Waals surface area (Å²) in [6.45, 7) is 1.84. The average Bonchev–Trinajstić information content (AvgIpc) is 2.19. The molecule has 4 heteroatoms. The molecule has 0 saturated carbocycles. The summed E-state index contributed by atoms with van der Waals surface area (Å²) in [5.41, 5.74) is 0.770. The van der Waals surface area contributed by atoms with Crippen molar-refractivity contribution in [3.05, 3.63) is 30.3 Å². The molecule has 0 fully saturated rings. The van der Waals surface area contributed by atoms with Crippen molar-refractivity contribution in [1.82, 2.24) is 5.32 Å². The Morgan fingerprint density at radius 2 is 2.07 bits per heavy atom. The fourth-order valence-corrected chi connectivity index (χ4v) is 1.03. The molecular formula is C10H13ClN2O. The Morgan fingerprint density at radius 3 is 2.64 bits per heavy atom. The molecule has 1 aromatic rings. The van der Waals surface area contributed by atoms with Crippen molar-refractivity contribution < 1.29 is 4.79 Å². The van der Waals surface area contributed by atoms with Gasteiger partial charge in [-0.05, 0) is 19.1 Å². The third-order valence-corrected chi connectivity index (χ3v) is 2.10. The monoisotopic (exact) mass is 212 g/mol. The highest BCUT2D eigenvalue weighted by Gasteiger charge is 2.04. The van der Waals surface area contributed by atoms with Crippen LogP contribution in [0.1, 0.15) is 6.92 Å². The van der Waals surface area contributed by atoms with Gasteiger partial charge in [-0.1, -0.05) is 18.2 Å². The lowest BCUT2D eigenvalue weighted by molar-refractivity contribution is 0.250. The standard InChI is InChI=1S/C10H13ClN2O/c1-8(7-11)12-10(14)13-9-5-3-2-4-6-9/h2-6,8H,7H2,1H3,(H2,12,13,14). The summed E-state index contributed by atoms with van der Waals surface area (Å²) in [5.74, 6) is 0.405. The van der Waals surface area contributed by atoms with Crippen molar-refractivity contribution in [1.29, 1.82) is 0 Å². The van der Waals surface area contributed by atoms with Crippen LogP contribution >= 0.6 is 11.6 Å². The first-order chi connectivity index (χ1) is 6.72. The van der Waals surface area contributed by atoms with Gasteiger partial charge < -0.3 is 10.6 Å². The molecule has 14 heavy (non-hydrogen) atoms. The number of hydrogen-bond donors (Lipinski definition) is 2. The molecule has 0 radical (unpaired) electrons. The van der Waals surface area contributed by atoms with Gasteiger partial charge in [-0.15, -0.1) is 11.6 Å². The number of nitrogens with one attached hydrogen (secondary N) is 2. The molecule has 1 unspecified atom stereocenters. The molecule has 0 saturated heterocycles. The quantitative estimate of drug-likeness (QED) is 0.743. The van der Waals surface area contributed by atoms with Crippen LogP contribution < -0.4 is 10.6 Å². The van der Waals surface area contributed by atoms with E-state index in [4.69, 9.17) is 11.6 Å². The number of carbonyl (C=O) groups is 1. The Balaban J connectivity index is 2.42. The van der Waals surface area contributed by atoms with Gasteiger partial charge in [0, 0.05) is 17.6 Å². The molecule has 2 N–H and O–H groups in total. The van der Waals surface area contributed by atoms with Crippen LogP contribution in [0.2, 0.25) is 0 Å². The highest BCUT2D eigenvalue weighted by atomic mass is 35.5. The van der Waals surface area contributed by atoms with Gasteiger partial charge in [0.05, 0.1) is 0 Å². The number of anilines is 1. The maximum absolute atomic E-state index is 11.3. The van der Waals surface area contributed by atoms with E-state index in [-0.39, 0.29) is 12.1 Å². The molecule has 0 aliphatic carbocycles. The van der Waals surface area contributed by atoms with E-state index >= 15 is 0 Å². The number of rotatable bonds is 3. The van der Waals surface area contributed by atoms with Crippen LogP contribution in [0.4, 0.5) is 10.5 Å². The van der Waals surface area contributed by atoms with Crippen molar-refractivity contribution in [3.63, 3.8) is 0 Å². The van der Waals surface area contributed by atoms with Gasteiger partial charge in [-0.3, -0.25) is 0 Å². The fourth-order valence-electron chi connectivity index (χ4n) is 0.951. The third-order valence-electron chi connectivity index (χ3n) is 1.64. The van der Waals surface area contributed by atoms with Crippen molar-refractivity contribution in [2.45, 2.75) is 13.0 Å². The summed E-state index contributed by atoms with van der Waals surface area (Å²) in [7, 11) is 0. The van der Waals surface area contributed by atoms with E-state index in [9.17, 15) is 4.79 Å². The third kappa shape index (κ3) is 3.66. The predicted molar refractivity (Wildman–Crippen MR) is 58.8 cm³/mol. The van der Waals surface area contributed by atoms with Gasteiger partial charge in [-0.2, -0.15) is 0 Å². The zero-order valence-corrected chi connectivity index (χ0v) is 8.71. The van der Waals surface area contributed by atoms with Gasteiger partial charge in [0.1, 0.15) is 0 Å². The second-order valence-electron chi connectivity index (χ2n) is 3.02. The van der Waals surface area contributed by atoms with Gasteiger partial charge in [0.2, 0.25) is 0 Å². The number of para-hydroxylation sites is 1. The number of alkyl halides is 1. The highest BCUT2D eigenvalue weighted by Crippen LogP contribution is 2.04. The Labute approximate surface area is 88.5 Å². The molecule has 3 nitrogen and oxygen atoms in total. The van der Waals surface area contributed by atoms with E-state index in [2.05, 4.69) is 10.6 Å². The molecular weight excluding hydrogens is 200 g/mol. The SMILES string of the molecule is CC(CCl)NC(=O)Nc1ccccc1. The highest BCUT2D eigenvalue weighted by molar-refractivity contribution is 6.18. The number of benzene rings is 1. The van der Waals surface area contributed by atoms with Crippen molar-refractivity contribution >= 4 is 23.3 Å². The van der Waals surface area contributed by atoms with Gasteiger partial charge in [0.25, 0.3) is 0 Å². The number of hydrogen-bond acceptors (Lipinski definition) is 1. The predicted octanol–water partition coefficient (Wildman–Crippen LogP) is 2.44. The van der Waals surface area contributed by atoms with E-state index in [0.29, 0.717) is 5.88 Å². The molecule has 0 aromatic heterocycles. The van der Waals surface area contributed by atoms with Crippen LogP contribution in [0.5, 0.6) is 0 Å². The molecule has 76 valence electrons. The van der Waals surface area contributed by atoms with Gasteiger partial charge in [-0.25, -0.2) is 4.79 Å². The van der Waals surface area contributed by atoms with E-state index in [1.165, 1.54) is 0 Å². The first-order valence-electron chi connectivity index (χ1n) is 4.41. The summed E-state index contributed by atoms with van der Waals surface area (Å²) in [4.78, 5) is 11.3. The lowest BCUT2D eigenvalue weighted by Crippen LogP contribution is -2.37. The number of carbonyl (C=O) groups excluding carboxylic acids is 1. The lowest BCUT2D eigenvalue weighted by Gasteiger charge is -2.11. The molecule has 0 aliphatic heterocycles. The minimum absolute atomic E-state index is 0.0274. The molecule has 0 bridgehead atoms. The smallest absolute Gasteiger partial charge is 0.319 e. The summed E-state index contributed by atoms with van der Waals surface area (Å²) in [6.07, 6.45) is 0. The lowest BCUT2D eigenvalue weighted by atomic mass is 10.3. The van der Waals surface area contributed by atoms with E-state index in [1.807, 2.05) is 37.3 Å². The average molecular weight is 213 g/mol. The molecule has 0 heterocycles. The molecule has 1 rings (SSSR count). The molecule has 1 atom stereocenters. The minimum atomic E-state index is -0.232. The summed E-state index contributed by atoms with van der Waals surface area (Å²) in [6, 6.07) is 9.01. The van der Waals surface area contributed by atoms with E-state index < -0.39 is 0 Å². The molecule has 1 aromatic carbocycles. The summed E-state index contributed by atoms with van der Waals surface area (Å²) < 4.78 is 0. The topological polar surface area (TPSA) is 41.1 Å². The van der Waals surface area contributed by atoms with Crippen molar-refractivity contribution in [2.24, 2.45) is 0 Å². The first-order valence-corrected chi connectivity index (χ1v) is 4.94. The second kappa shape index (κ2) is 5.50. The van der Waals surface area contributed by atoms with E-state index in [0.717, 1.165) is 5.69 Å².